The van der Waals surface area contributed by atoms with Gasteiger partial charge in [0.05, 0.1) is 11.8 Å². The molecule has 2 rings (SSSR count). The van der Waals surface area contributed by atoms with Crippen LogP contribution in [0.15, 0.2) is 22.7 Å². The summed E-state index contributed by atoms with van der Waals surface area (Å²) in [4.78, 5) is 13.4. The summed E-state index contributed by atoms with van der Waals surface area (Å²) >= 11 is 3.37. The van der Waals surface area contributed by atoms with Gasteiger partial charge in [-0.1, -0.05) is 15.9 Å². The van der Waals surface area contributed by atoms with Crippen LogP contribution in [-0.4, -0.2) is 19.1 Å². The second-order valence-electron chi connectivity index (χ2n) is 3.71. The van der Waals surface area contributed by atoms with E-state index in [4.69, 9.17) is 10.00 Å². The number of carbonyl (C=O) groups excluding carboxylic acids is 1. The predicted octanol–water partition coefficient (Wildman–Crippen LogP) is 2.48. The average molecular weight is 295 g/mol. The number of carbonyl (C=O) groups is 1. The number of amides is 1. The molecule has 0 spiro atoms. The van der Waals surface area contributed by atoms with E-state index in [-0.39, 0.29) is 12.5 Å². The van der Waals surface area contributed by atoms with Gasteiger partial charge in [0.2, 0.25) is 0 Å². The number of halogens is 1. The van der Waals surface area contributed by atoms with Gasteiger partial charge in [0.15, 0.2) is 6.61 Å². The van der Waals surface area contributed by atoms with Crippen LogP contribution in [0.25, 0.3) is 0 Å². The summed E-state index contributed by atoms with van der Waals surface area (Å²) in [5, 5.41) is 8.52. The molecule has 0 unspecified atom stereocenters. The third-order valence-corrected chi connectivity index (χ3v) is 3.03. The number of ether oxygens (including phenoxy) is 1. The van der Waals surface area contributed by atoms with Crippen LogP contribution >= 0.6 is 15.9 Å². The Kier molecular flexibility index (Phi) is 3.64. The summed E-state index contributed by atoms with van der Waals surface area (Å²) in [6, 6.07) is 7.65. The minimum Gasteiger partial charge on any atom is -0.482 e. The minimum absolute atomic E-state index is 0.0615. The molecule has 0 radical (unpaired) electrons. The molecule has 0 saturated heterocycles. The highest BCUT2D eigenvalue weighted by Gasteiger charge is 2.24. The van der Waals surface area contributed by atoms with Crippen LogP contribution in [-0.2, 0) is 4.79 Å². The van der Waals surface area contributed by atoms with Crippen LogP contribution in [0.1, 0.15) is 12.8 Å². The Morgan fingerprint density at radius 3 is 3.12 bits per heavy atom. The van der Waals surface area contributed by atoms with Crippen molar-refractivity contribution in [1.29, 1.82) is 5.26 Å². The molecule has 1 aromatic carbocycles. The molecule has 0 aliphatic carbocycles. The highest BCUT2D eigenvalue weighted by molar-refractivity contribution is 9.10. The molecule has 1 aliphatic heterocycles. The number of anilines is 1. The van der Waals surface area contributed by atoms with Gasteiger partial charge in [-0.15, -0.1) is 0 Å². The maximum atomic E-state index is 11.8. The topological polar surface area (TPSA) is 53.3 Å². The second kappa shape index (κ2) is 5.19. The van der Waals surface area contributed by atoms with Crippen molar-refractivity contribution in [2.75, 3.05) is 18.1 Å². The van der Waals surface area contributed by atoms with Crippen LogP contribution in [0.5, 0.6) is 5.75 Å². The first-order valence-electron chi connectivity index (χ1n) is 5.32. The highest BCUT2D eigenvalue weighted by Crippen LogP contribution is 2.34. The quantitative estimate of drug-likeness (QED) is 0.805. The third kappa shape index (κ3) is 2.59. The zero-order chi connectivity index (χ0) is 12.3. The zero-order valence-corrected chi connectivity index (χ0v) is 10.7. The smallest absolute Gasteiger partial charge is 0.265 e. The van der Waals surface area contributed by atoms with Gasteiger partial charge in [-0.25, -0.2) is 0 Å². The van der Waals surface area contributed by atoms with E-state index in [0.29, 0.717) is 25.1 Å². The Bertz CT molecular complexity index is 482. The van der Waals surface area contributed by atoms with E-state index < -0.39 is 0 Å². The Morgan fingerprint density at radius 1 is 1.53 bits per heavy atom. The number of nitrogens with zero attached hydrogens (tertiary/aromatic N) is 2. The van der Waals surface area contributed by atoms with Crippen molar-refractivity contribution in [2.24, 2.45) is 0 Å². The lowest BCUT2D eigenvalue weighted by Gasteiger charge is -2.29. The number of hydrogen-bond acceptors (Lipinski definition) is 3. The first-order chi connectivity index (χ1) is 8.22. The van der Waals surface area contributed by atoms with Crippen LogP contribution in [0.4, 0.5) is 5.69 Å². The number of nitriles is 1. The van der Waals surface area contributed by atoms with Crippen molar-refractivity contribution >= 4 is 27.5 Å². The molecule has 5 heteroatoms. The summed E-state index contributed by atoms with van der Waals surface area (Å²) in [7, 11) is 0. The maximum absolute atomic E-state index is 11.8. The first-order valence-corrected chi connectivity index (χ1v) is 6.11. The third-order valence-electron chi connectivity index (χ3n) is 2.53. The van der Waals surface area contributed by atoms with E-state index in [9.17, 15) is 4.79 Å². The molecular formula is C12H11BrN2O2. The molecule has 1 aromatic rings. The van der Waals surface area contributed by atoms with Crippen LogP contribution < -0.4 is 9.64 Å². The average Bonchev–Trinajstić information content (AvgIpc) is 2.32. The lowest BCUT2D eigenvalue weighted by molar-refractivity contribution is -0.121. The first kappa shape index (κ1) is 11.9. The largest absolute Gasteiger partial charge is 0.482 e. The molecule has 0 fully saturated rings. The van der Waals surface area contributed by atoms with E-state index in [0.717, 1.165) is 10.2 Å². The fourth-order valence-electron chi connectivity index (χ4n) is 1.74. The molecule has 17 heavy (non-hydrogen) atoms. The molecule has 0 saturated carbocycles. The molecule has 88 valence electrons. The van der Waals surface area contributed by atoms with E-state index in [2.05, 4.69) is 22.0 Å². The van der Waals surface area contributed by atoms with E-state index in [1.54, 1.807) is 4.90 Å². The van der Waals surface area contributed by atoms with Gasteiger partial charge in [-0.05, 0) is 24.6 Å². The van der Waals surface area contributed by atoms with Crippen LogP contribution in [0, 0.1) is 11.3 Å². The van der Waals surface area contributed by atoms with Crippen molar-refractivity contribution in [3.8, 4) is 11.8 Å². The highest BCUT2D eigenvalue weighted by atomic mass is 79.9. The molecule has 0 N–H and O–H groups in total. The van der Waals surface area contributed by atoms with Gasteiger partial charge in [-0.2, -0.15) is 5.26 Å². The molecule has 0 aromatic heterocycles. The molecule has 1 amide bonds. The molecule has 0 bridgehead atoms. The normalized spacial score (nSPS) is 13.9. The van der Waals surface area contributed by atoms with Gasteiger partial charge in [0, 0.05) is 17.4 Å². The summed E-state index contributed by atoms with van der Waals surface area (Å²) in [5.41, 5.74) is 0.772. The van der Waals surface area contributed by atoms with Crippen molar-refractivity contribution in [3.05, 3.63) is 22.7 Å². The van der Waals surface area contributed by atoms with E-state index in [1.807, 2.05) is 18.2 Å². The molecular weight excluding hydrogens is 284 g/mol. The second-order valence-corrected chi connectivity index (χ2v) is 4.62. The number of benzene rings is 1. The Hall–Kier alpha value is -1.54. The van der Waals surface area contributed by atoms with Crippen molar-refractivity contribution in [3.63, 3.8) is 0 Å². The van der Waals surface area contributed by atoms with Gasteiger partial charge >= 0.3 is 0 Å². The van der Waals surface area contributed by atoms with Gasteiger partial charge < -0.3 is 9.64 Å². The lowest BCUT2D eigenvalue weighted by Crippen LogP contribution is -2.39. The SMILES string of the molecule is N#CCCCN1C(=O)COc2ccc(Br)cc21. The van der Waals surface area contributed by atoms with Gasteiger partial charge in [0.1, 0.15) is 5.75 Å². The number of fused-ring (bicyclic) bond motifs is 1. The number of rotatable bonds is 3. The van der Waals surface area contributed by atoms with E-state index >= 15 is 0 Å². The van der Waals surface area contributed by atoms with Gasteiger partial charge in [0.25, 0.3) is 5.91 Å². The van der Waals surface area contributed by atoms with Crippen molar-refractivity contribution in [2.45, 2.75) is 12.8 Å². The summed E-state index contributed by atoms with van der Waals surface area (Å²) in [5.74, 6) is 0.651. The molecule has 1 aliphatic rings. The van der Waals surface area contributed by atoms with Crippen molar-refractivity contribution in [1.82, 2.24) is 0 Å². The summed E-state index contributed by atoms with van der Waals surface area (Å²) in [6.07, 6.45) is 1.13. The van der Waals surface area contributed by atoms with Crippen LogP contribution in [0.3, 0.4) is 0 Å². The summed E-state index contributed by atoms with van der Waals surface area (Å²) < 4.78 is 6.25. The maximum Gasteiger partial charge on any atom is 0.265 e. The molecule has 0 atom stereocenters. The van der Waals surface area contributed by atoms with Crippen molar-refractivity contribution < 1.29 is 9.53 Å². The predicted molar refractivity (Wildman–Crippen MR) is 66.8 cm³/mol. The Labute approximate surface area is 108 Å². The van der Waals surface area contributed by atoms with Crippen LogP contribution in [0.2, 0.25) is 0 Å². The summed E-state index contributed by atoms with van der Waals surface area (Å²) in [6.45, 7) is 0.625. The number of hydrogen-bond donors (Lipinski definition) is 0. The Balaban J connectivity index is 2.23. The fourth-order valence-corrected chi connectivity index (χ4v) is 2.09. The lowest BCUT2D eigenvalue weighted by atomic mass is 10.2. The number of unbranched alkanes of at least 4 members (excludes halogenated alkanes) is 1. The zero-order valence-electron chi connectivity index (χ0n) is 9.15. The molecule has 1 heterocycles. The monoisotopic (exact) mass is 294 g/mol. The minimum atomic E-state index is -0.0615. The fraction of sp³-hybridized carbons (Fsp3) is 0.333. The molecule has 4 nitrogen and oxygen atoms in total. The van der Waals surface area contributed by atoms with Gasteiger partial charge in [-0.3, -0.25) is 4.79 Å². The standard InChI is InChI=1S/C12H11BrN2O2/c13-9-3-4-11-10(7-9)15(6-2-1-5-14)12(16)8-17-11/h3-4,7H,1-2,6,8H2. The Morgan fingerprint density at radius 2 is 2.35 bits per heavy atom. The van der Waals surface area contributed by atoms with E-state index in [1.165, 1.54) is 0 Å².